The molecule has 0 unspecified atom stereocenters. The molecular formula is C14H17FN2O2. The quantitative estimate of drug-likeness (QED) is 0.927. The molecule has 0 bridgehead atoms. The van der Waals surface area contributed by atoms with Crippen molar-refractivity contribution in [3.63, 3.8) is 0 Å². The van der Waals surface area contributed by atoms with Gasteiger partial charge in [0.2, 0.25) is 0 Å². The first-order valence-electron chi connectivity index (χ1n) is 6.06. The zero-order valence-electron chi connectivity index (χ0n) is 11.4. The van der Waals surface area contributed by atoms with E-state index in [1.165, 1.54) is 13.0 Å². The summed E-state index contributed by atoms with van der Waals surface area (Å²) in [6.45, 7) is 5.20. The summed E-state index contributed by atoms with van der Waals surface area (Å²) in [5.74, 6) is 0.427. The van der Waals surface area contributed by atoms with Gasteiger partial charge in [0.1, 0.15) is 17.3 Å². The minimum absolute atomic E-state index is 0.158. The number of ether oxygens (including phenoxy) is 1. The van der Waals surface area contributed by atoms with Crippen molar-refractivity contribution in [2.75, 3.05) is 0 Å². The lowest BCUT2D eigenvalue weighted by molar-refractivity contribution is 0.190. The summed E-state index contributed by atoms with van der Waals surface area (Å²) in [7, 11) is 1.82. The number of nitrogens with zero attached hydrogens (tertiary/aromatic N) is 2. The molecule has 0 fully saturated rings. The molecule has 0 aliphatic carbocycles. The molecule has 1 aromatic carbocycles. The van der Waals surface area contributed by atoms with Gasteiger partial charge >= 0.3 is 0 Å². The number of halogens is 1. The monoisotopic (exact) mass is 264 g/mol. The smallest absolute Gasteiger partial charge is 0.171 e. The fraction of sp³-hybridized carbons (Fsp3) is 0.357. The summed E-state index contributed by atoms with van der Waals surface area (Å²) in [6, 6.07) is 4.49. The van der Waals surface area contributed by atoms with Gasteiger partial charge in [-0.2, -0.15) is 5.10 Å². The highest BCUT2D eigenvalue weighted by Crippen LogP contribution is 2.34. The van der Waals surface area contributed by atoms with E-state index < -0.39 is 11.9 Å². The average molecular weight is 264 g/mol. The summed E-state index contributed by atoms with van der Waals surface area (Å²) in [4.78, 5) is 0. The van der Waals surface area contributed by atoms with Crippen molar-refractivity contribution in [3.05, 3.63) is 41.0 Å². The number of aliphatic hydroxyl groups is 1. The van der Waals surface area contributed by atoms with Crippen LogP contribution in [0.2, 0.25) is 0 Å². The number of aryl methyl sites for hydroxylation is 2. The highest BCUT2D eigenvalue weighted by atomic mass is 19.1. The van der Waals surface area contributed by atoms with Gasteiger partial charge in [0, 0.05) is 7.05 Å². The van der Waals surface area contributed by atoms with E-state index in [0.717, 1.165) is 11.4 Å². The van der Waals surface area contributed by atoms with Crippen molar-refractivity contribution in [3.8, 4) is 11.5 Å². The van der Waals surface area contributed by atoms with Crippen molar-refractivity contribution >= 4 is 0 Å². The molecule has 1 aromatic heterocycles. The molecular weight excluding hydrogens is 247 g/mol. The molecule has 0 aliphatic rings. The Morgan fingerprint density at radius 1 is 1.37 bits per heavy atom. The summed E-state index contributed by atoms with van der Waals surface area (Å²) >= 11 is 0. The van der Waals surface area contributed by atoms with E-state index in [-0.39, 0.29) is 5.56 Å². The van der Waals surface area contributed by atoms with Gasteiger partial charge in [0.15, 0.2) is 5.75 Å². The Bertz CT molecular complexity index is 606. The third-order valence-corrected chi connectivity index (χ3v) is 3.09. The van der Waals surface area contributed by atoms with Crippen LogP contribution in [0, 0.1) is 19.7 Å². The van der Waals surface area contributed by atoms with Crippen molar-refractivity contribution in [2.24, 2.45) is 7.05 Å². The maximum Gasteiger partial charge on any atom is 0.171 e. The second-order valence-corrected chi connectivity index (χ2v) is 4.55. The minimum Gasteiger partial charge on any atom is -0.453 e. The number of aromatic nitrogens is 2. The van der Waals surface area contributed by atoms with Crippen molar-refractivity contribution in [2.45, 2.75) is 26.9 Å². The van der Waals surface area contributed by atoms with Crippen LogP contribution in [0.5, 0.6) is 11.5 Å². The van der Waals surface area contributed by atoms with E-state index in [0.29, 0.717) is 11.5 Å². The Morgan fingerprint density at radius 2 is 2.05 bits per heavy atom. The number of aliphatic hydroxyl groups excluding tert-OH is 1. The van der Waals surface area contributed by atoms with Crippen LogP contribution in [0.25, 0.3) is 0 Å². The molecule has 2 rings (SSSR count). The second-order valence-electron chi connectivity index (χ2n) is 4.55. The maximum absolute atomic E-state index is 13.7. The van der Waals surface area contributed by atoms with Crippen LogP contribution in [0.1, 0.15) is 30.0 Å². The largest absolute Gasteiger partial charge is 0.453 e. The van der Waals surface area contributed by atoms with Gasteiger partial charge in [-0.25, -0.2) is 4.39 Å². The summed E-state index contributed by atoms with van der Waals surface area (Å²) in [5.41, 5.74) is 1.73. The Hall–Kier alpha value is -1.88. The lowest BCUT2D eigenvalue weighted by Gasteiger charge is -2.14. The first kappa shape index (κ1) is 13.5. The number of rotatable bonds is 3. The maximum atomic E-state index is 13.7. The minimum atomic E-state index is -0.937. The predicted molar refractivity (Wildman–Crippen MR) is 69.8 cm³/mol. The second kappa shape index (κ2) is 5.01. The molecule has 5 heteroatoms. The van der Waals surface area contributed by atoms with Crippen LogP contribution in [-0.4, -0.2) is 14.9 Å². The molecule has 0 saturated carbocycles. The molecule has 1 atom stereocenters. The van der Waals surface area contributed by atoms with E-state index in [2.05, 4.69) is 5.10 Å². The summed E-state index contributed by atoms with van der Waals surface area (Å²) in [5, 5.41) is 13.9. The third kappa shape index (κ3) is 2.46. The van der Waals surface area contributed by atoms with Crippen LogP contribution in [-0.2, 0) is 7.05 Å². The van der Waals surface area contributed by atoms with Crippen LogP contribution < -0.4 is 4.74 Å². The molecule has 1 heterocycles. The van der Waals surface area contributed by atoms with Gasteiger partial charge in [-0.1, -0.05) is 6.07 Å². The lowest BCUT2D eigenvalue weighted by Crippen LogP contribution is -2.00. The van der Waals surface area contributed by atoms with Gasteiger partial charge < -0.3 is 9.84 Å². The topological polar surface area (TPSA) is 47.3 Å². The average Bonchev–Trinajstić information content (AvgIpc) is 2.55. The van der Waals surface area contributed by atoms with E-state index >= 15 is 0 Å². The Balaban J connectivity index is 2.47. The predicted octanol–water partition coefficient (Wildman–Crippen LogP) is 3.02. The Morgan fingerprint density at radius 3 is 2.58 bits per heavy atom. The van der Waals surface area contributed by atoms with Crippen molar-refractivity contribution < 1.29 is 14.2 Å². The molecule has 0 aliphatic heterocycles. The Labute approximate surface area is 111 Å². The van der Waals surface area contributed by atoms with Crippen LogP contribution >= 0.6 is 0 Å². The summed E-state index contributed by atoms with van der Waals surface area (Å²) < 4.78 is 21.2. The number of benzene rings is 1. The molecule has 19 heavy (non-hydrogen) atoms. The normalized spacial score (nSPS) is 12.5. The van der Waals surface area contributed by atoms with Gasteiger partial charge in [0.25, 0.3) is 0 Å². The third-order valence-electron chi connectivity index (χ3n) is 3.09. The molecule has 0 saturated heterocycles. The zero-order chi connectivity index (χ0) is 14.2. The SMILES string of the molecule is Cc1nn(C)c(C)c1Oc1cccc(F)c1[C@@H](C)O. The molecule has 1 N–H and O–H groups in total. The van der Waals surface area contributed by atoms with Gasteiger partial charge in [-0.05, 0) is 32.9 Å². The van der Waals surface area contributed by atoms with Crippen molar-refractivity contribution in [1.82, 2.24) is 9.78 Å². The molecule has 4 nitrogen and oxygen atoms in total. The number of hydrogen-bond acceptors (Lipinski definition) is 3. The van der Waals surface area contributed by atoms with E-state index in [9.17, 15) is 9.50 Å². The van der Waals surface area contributed by atoms with Crippen LogP contribution in [0.4, 0.5) is 4.39 Å². The lowest BCUT2D eigenvalue weighted by atomic mass is 10.1. The van der Waals surface area contributed by atoms with Crippen LogP contribution in [0.3, 0.4) is 0 Å². The zero-order valence-corrected chi connectivity index (χ0v) is 11.4. The molecule has 102 valence electrons. The fourth-order valence-corrected chi connectivity index (χ4v) is 2.02. The first-order valence-corrected chi connectivity index (χ1v) is 6.06. The number of hydrogen-bond donors (Lipinski definition) is 1. The molecule has 0 amide bonds. The highest BCUT2D eigenvalue weighted by Gasteiger charge is 2.18. The van der Waals surface area contributed by atoms with Gasteiger partial charge in [-0.15, -0.1) is 0 Å². The molecule has 0 spiro atoms. The highest BCUT2D eigenvalue weighted by molar-refractivity contribution is 5.42. The van der Waals surface area contributed by atoms with Crippen molar-refractivity contribution in [1.29, 1.82) is 0 Å². The van der Waals surface area contributed by atoms with Gasteiger partial charge in [0.05, 0.1) is 17.4 Å². The van der Waals surface area contributed by atoms with E-state index in [4.69, 9.17) is 4.74 Å². The van der Waals surface area contributed by atoms with Gasteiger partial charge in [-0.3, -0.25) is 4.68 Å². The standard InChI is InChI=1S/C14H17FN2O2/c1-8-14(9(2)17(4)16-8)19-12-7-5-6-11(15)13(12)10(3)18/h5-7,10,18H,1-4H3/t10-/m1/s1. The van der Waals surface area contributed by atoms with E-state index in [1.54, 1.807) is 16.8 Å². The Kier molecular flexibility index (Phi) is 3.57. The van der Waals surface area contributed by atoms with E-state index in [1.807, 2.05) is 20.9 Å². The summed E-state index contributed by atoms with van der Waals surface area (Å²) in [6.07, 6.45) is -0.937. The fourth-order valence-electron chi connectivity index (χ4n) is 2.02. The van der Waals surface area contributed by atoms with Crippen LogP contribution in [0.15, 0.2) is 18.2 Å². The molecule has 2 aromatic rings. The first-order chi connectivity index (χ1) is 8.91. The molecule has 0 radical (unpaired) electrons.